The summed E-state index contributed by atoms with van der Waals surface area (Å²) in [5.41, 5.74) is -0.811. The molecule has 0 saturated heterocycles. The fourth-order valence-electron chi connectivity index (χ4n) is 2.20. The fourth-order valence-corrected chi connectivity index (χ4v) is 3.21. The van der Waals surface area contributed by atoms with E-state index in [1.54, 1.807) is 6.07 Å². The van der Waals surface area contributed by atoms with Crippen molar-refractivity contribution in [1.29, 1.82) is 0 Å². The molecule has 0 aliphatic carbocycles. The summed E-state index contributed by atoms with van der Waals surface area (Å²) >= 11 is 0. The molecule has 0 aliphatic heterocycles. The Morgan fingerprint density at radius 2 is 1.88 bits per heavy atom. The number of para-hydroxylation sites is 1. The van der Waals surface area contributed by atoms with Gasteiger partial charge in [-0.25, -0.2) is 26.7 Å². The minimum Gasteiger partial charge on any atom is -0.478 e. The summed E-state index contributed by atoms with van der Waals surface area (Å²) in [7, 11) is -4.22. The van der Waals surface area contributed by atoms with Crippen LogP contribution in [-0.2, 0) is 10.0 Å². The molecule has 134 valence electrons. The van der Waals surface area contributed by atoms with Crippen LogP contribution < -0.4 is 4.72 Å². The molecule has 7 nitrogen and oxygen atoms in total. The van der Waals surface area contributed by atoms with Gasteiger partial charge < -0.3 is 5.11 Å². The molecule has 0 bridgehead atoms. The van der Waals surface area contributed by atoms with Crippen LogP contribution in [0, 0.1) is 11.6 Å². The van der Waals surface area contributed by atoms with Crippen LogP contribution in [0.4, 0.5) is 14.5 Å². The molecule has 0 fully saturated rings. The van der Waals surface area contributed by atoms with Gasteiger partial charge >= 0.3 is 5.97 Å². The second kappa shape index (κ2) is 6.56. The first kappa shape index (κ1) is 17.5. The van der Waals surface area contributed by atoms with Crippen LogP contribution in [0.25, 0.3) is 5.69 Å². The van der Waals surface area contributed by atoms with E-state index in [0.29, 0.717) is 6.07 Å². The van der Waals surface area contributed by atoms with Crippen LogP contribution in [0.5, 0.6) is 0 Å². The highest BCUT2D eigenvalue weighted by atomic mass is 32.2. The quantitative estimate of drug-likeness (QED) is 0.710. The molecule has 2 aromatic carbocycles. The lowest BCUT2D eigenvalue weighted by atomic mass is 10.2. The number of nitrogens with zero attached hydrogens (tertiary/aromatic N) is 2. The molecular formula is C16H11F2N3O4S. The third kappa shape index (κ3) is 3.40. The van der Waals surface area contributed by atoms with E-state index < -0.39 is 33.2 Å². The van der Waals surface area contributed by atoms with Crippen molar-refractivity contribution < 1.29 is 27.1 Å². The normalized spacial score (nSPS) is 11.3. The van der Waals surface area contributed by atoms with E-state index >= 15 is 0 Å². The van der Waals surface area contributed by atoms with Crippen LogP contribution >= 0.6 is 0 Å². The third-order valence-electron chi connectivity index (χ3n) is 3.42. The molecule has 3 rings (SSSR count). The van der Waals surface area contributed by atoms with Crippen molar-refractivity contribution in [2.75, 3.05) is 4.72 Å². The van der Waals surface area contributed by atoms with Gasteiger partial charge in [-0.05, 0) is 30.3 Å². The number of aromatic nitrogens is 2. The van der Waals surface area contributed by atoms with Gasteiger partial charge in [0.15, 0.2) is 0 Å². The van der Waals surface area contributed by atoms with Crippen LogP contribution in [0.2, 0.25) is 0 Å². The van der Waals surface area contributed by atoms with E-state index in [4.69, 9.17) is 5.11 Å². The van der Waals surface area contributed by atoms with Crippen LogP contribution in [0.1, 0.15) is 10.4 Å². The standard InChI is InChI=1S/C16H11F2N3O4S/c17-10-5-6-14(12(7-10)16(22)23)20-26(24,25)11-8-19-21(9-11)15-4-2-1-3-13(15)18/h1-9,20H,(H,22,23). The van der Waals surface area contributed by atoms with Gasteiger partial charge in [0.05, 0.1) is 23.6 Å². The highest BCUT2D eigenvalue weighted by Crippen LogP contribution is 2.22. The summed E-state index contributed by atoms with van der Waals surface area (Å²) in [5.74, 6) is -2.92. The van der Waals surface area contributed by atoms with Gasteiger partial charge in [0.2, 0.25) is 0 Å². The van der Waals surface area contributed by atoms with Crippen molar-refractivity contribution >= 4 is 21.7 Å². The molecular weight excluding hydrogens is 368 g/mol. The predicted octanol–water partition coefficient (Wildman–Crippen LogP) is 2.65. The highest BCUT2D eigenvalue weighted by molar-refractivity contribution is 7.92. The summed E-state index contributed by atoms with van der Waals surface area (Å²) in [4.78, 5) is 10.8. The number of halogens is 2. The molecule has 2 N–H and O–H groups in total. The number of benzene rings is 2. The van der Waals surface area contributed by atoms with Crippen molar-refractivity contribution in [2.24, 2.45) is 0 Å². The Morgan fingerprint density at radius 1 is 1.15 bits per heavy atom. The van der Waals surface area contributed by atoms with Crippen LogP contribution in [-0.4, -0.2) is 29.3 Å². The smallest absolute Gasteiger partial charge is 0.337 e. The van der Waals surface area contributed by atoms with E-state index in [0.717, 1.165) is 29.2 Å². The zero-order chi connectivity index (χ0) is 18.9. The molecule has 1 aromatic heterocycles. The van der Waals surface area contributed by atoms with E-state index in [1.165, 1.54) is 18.2 Å². The molecule has 0 radical (unpaired) electrons. The molecule has 3 aromatic rings. The van der Waals surface area contributed by atoms with Crippen molar-refractivity contribution in [3.8, 4) is 5.69 Å². The maximum Gasteiger partial charge on any atom is 0.337 e. The van der Waals surface area contributed by atoms with Crippen molar-refractivity contribution in [2.45, 2.75) is 4.90 Å². The molecule has 10 heteroatoms. The molecule has 0 amide bonds. The maximum atomic E-state index is 13.8. The number of aromatic carboxylic acids is 1. The lowest BCUT2D eigenvalue weighted by Gasteiger charge is -2.09. The number of sulfonamides is 1. The summed E-state index contributed by atoms with van der Waals surface area (Å²) in [6, 6.07) is 8.26. The molecule has 0 saturated carbocycles. The number of hydrogen-bond acceptors (Lipinski definition) is 4. The second-order valence-corrected chi connectivity index (χ2v) is 6.85. The number of anilines is 1. The van der Waals surface area contributed by atoms with Crippen LogP contribution in [0.3, 0.4) is 0 Å². The Morgan fingerprint density at radius 3 is 2.58 bits per heavy atom. The number of rotatable bonds is 5. The van der Waals surface area contributed by atoms with Gasteiger partial charge in [-0.15, -0.1) is 0 Å². The minimum atomic E-state index is -4.22. The zero-order valence-electron chi connectivity index (χ0n) is 12.9. The first-order valence-corrected chi connectivity index (χ1v) is 8.61. The fraction of sp³-hybridized carbons (Fsp3) is 0. The van der Waals surface area contributed by atoms with Crippen molar-refractivity contribution in [3.63, 3.8) is 0 Å². The Bertz CT molecular complexity index is 1100. The van der Waals surface area contributed by atoms with E-state index in [-0.39, 0.29) is 16.3 Å². The number of nitrogens with one attached hydrogen (secondary N) is 1. The summed E-state index contributed by atoms with van der Waals surface area (Å²) in [5, 5.41) is 12.9. The van der Waals surface area contributed by atoms with Crippen molar-refractivity contribution in [3.05, 3.63) is 72.1 Å². The van der Waals surface area contributed by atoms with Crippen LogP contribution in [0.15, 0.2) is 59.8 Å². The Labute approximate surface area is 146 Å². The number of carboxylic acid groups (broad SMARTS) is 1. The first-order valence-electron chi connectivity index (χ1n) is 7.13. The molecule has 1 heterocycles. The first-order chi connectivity index (χ1) is 12.3. The SMILES string of the molecule is O=C(O)c1cc(F)ccc1NS(=O)(=O)c1cnn(-c2ccccc2F)c1. The van der Waals surface area contributed by atoms with E-state index in [9.17, 15) is 22.0 Å². The number of carboxylic acids is 1. The summed E-state index contributed by atoms with van der Waals surface area (Å²) in [6.07, 6.45) is 2.06. The van der Waals surface area contributed by atoms with Gasteiger partial charge in [-0.2, -0.15) is 5.10 Å². The van der Waals surface area contributed by atoms with E-state index in [1.807, 2.05) is 0 Å². The predicted molar refractivity (Wildman–Crippen MR) is 87.7 cm³/mol. The molecule has 26 heavy (non-hydrogen) atoms. The van der Waals surface area contributed by atoms with E-state index in [2.05, 4.69) is 9.82 Å². The maximum absolute atomic E-state index is 13.8. The lowest BCUT2D eigenvalue weighted by Crippen LogP contribution is -2.15. The average molecular weight is 379 g/mol. The Hall–Kier alpha value is -3.27. The summed E-state index contributed by atoms with van der Waals surface area (Å²) in [6.45, 7) is 0. The second-order valence-electron chi connectivity index (χ2n) is 5.17. The average Bonchev–Trinajstić information content (AvgIpc) is 3.07. The molecule has 0 aliphatic rings. The third-order valence-corrected chi connectivity index (χ3v) is 4.74. The largest absolute Gasteiger partial charge is 0.478 e. The van der Waals surface area contributed by atoms with Crippen molar-refractivity contribution in [1.82, 2.24) is 9.78 Å². The monoisotopic (exact) mass is 379 g/mol. The van der Waals surface area contributed by atoms with Gasteiger partial charge in [-0.1, -0.05) is 12.1 Å². The summed E-state index contributed by atoms with van der Waals surface area (Å²) < 4.78 is 55.0. The van der Waals surface area contributed by atoms with Gasteiger partial charge in [0.1, 0.15) is 22.2 Å². The Kier molecular flexibility index (Phi) is 4.43. The topological polar surface area (TPSA) is 101 Å². The van der Waals surface area contributed by atoms with Gasteiger partial charge in [0, 0.05) is 0 Å². The van der Waals surface area contributed by atoms with Gasteiger partial charge in [0.25, 0.3) is 10.0 Å². The molecule has 0 atom stereocenters. The highest BCUT2D eigenvalue weighted by Gasteiger charge is 2.21. The molecule has 0 spiro atoms. The zero-order valence-corrected chi connectivity index (χ0v) is 13.7. The Balaban J connectivity index is 1.96. The van der Waals surface area contributed by atoms with Gasteiger partial charge in [-0.3, -0.25) is 4.72 Å². The number of hydrogen-bond donors (Lipinski definition) is 2. The lowest BCUT2D eigenvalue weighted by molar-refractivity contribution is 0.0697. The minimum absolute atomic E-state index is 0.0435. The molecule has 0 unspecified atom stereocenters. The number of carbonyl (C=O) groups is 1.